The quantitative estimate of drug-likeness (QED) is 0.275. The Hall–Kier alpha value is -2.65. The average Bonchev–Trinajstić information content (AvgIpc) is 3.28. The van der Waals surface area contributed by atoms with Crippen LogP contribution in [0.25, 0.3) is 0 Å². The van der Waals surface area contributed by atoms with Crippen molar-refractivity contribution in [2.24, 2.45) is 0 Å². The highest BCUT2D eigenvalue weighted by Crippen LogP contribution is 2.20. The number of ether oxygens (including phenoxy) is 1. The largest absolute Gasteiger partial charge is 0.464 e. The average molecular weight is 533 g/mol. The van der Waals surface area contributed by atoms with E-state index in [2.05, 4.69) is 0 Å². The molecule has 0 aliphatic heterocycles. The summed E-state index contributed by atoms with van der Waals surface area (Å²) in [5.41, 5.74) is 1.09. The molecule has 0 atom stereocenters. The molecule has 0 radical (unpaired) electrons. The van der Waals surface area contributed by atoms with Crippen LogP contribution in [0.1, 0.15) is 30.4 Å². The molecule has 0 aliphatic carbocycles. The summed E-state index contributed by atoms with van der Waals surface area (Å²) in [5, 5.41) is 0.439. The van der Waals surface area contributed by atoms with Gasteiger partial charge in [-0.3, -0.25) is 4.79 Å². The van der Waals surface area contributed by atoms with E-state index in [1.807, 2.05) is 56.3 Å². The Kier molecular flexibility index (Phi) is 10.6. The van der Waals surface area contributed by atoms with Crippen LogP contribution in [-0.4, -0.2) is 56.4 Å². The zero-order valence-electron chi connectivity index (χ0n) is 20.7. The van der Waals surface area contributed by atoms with Gasteiger partial charge in [-0.05, 0) is 68.7 Å². The summed E-state index contributed by atoms with van der Waals surface area (Å²) >= 11 is 5.95. The van der Waals surface area contributed by atoms with Crippen LogP contribution in [0, 0.1) is 6.92 Å². The monoisotopic (exact) mass is 532 g/mol. The number of benzene rings is 2. The molecule has 1 heterocycles. The van der Waals surface area contributed by atoms with E-state index in [0.717, 1.165) is 11.3 Å². The lowest BCUT2D eigenvalue weighted by molar-refractivity contribution is -0.132. The first kappa shape index (κ1) is 27.9. The second-order valence-electron chi connectivity index (χ2n) is 8.41. The number of rotatable bonds is 14. The molecule has 3 aromatic rings. The SMILES string of the molecule is CCOCCCN(CC(=O)N(CCc1ccccc1)Cc1ccc(C)o1)S(=O)(=O)c1ccc(Cl)cc1. The number of halogens is 1. The van der Waals surface area contributed by atoms with Gasteiger partial charge >= 0.3 is 0 Å². The molecule has 7 nitrogen and oxygen atoms in total. The van der Waals surface area contributed by atoms with Crippen LogP contribution < -0.4 is 0 Å². The summed E-state index contributed by atoms with van der Waals surface area (Å²) in [5.74, 6) is 1.11. The van der Waals surface area contributed by atoms with E-state index in [0.29, 0.717) is 43.4 Å². The van der Waals surface area contributed by atoms with Crippen molar-refractivity contribution in [3.05, 3.63) is 88.8 Å². The van der Waals surface area contributed by atoms with E-state index < -0.39 is 10.0 Å². The number of carbonyl (C=O) groups is 1. The van der Waals surface area contributed by atoms with Gasteiger partial charge in [-0.2, -0.15) is 4.31 Å². The normalized spacial score (nSPS) is 11.7. The van der Waals surface area contributed by atoms with E-state index >= 15 is 0 Å². The van der Waals surface area contributed by atoms with Crippen molar-refractivity contribution in [3.63, 3.8) is 0 Å². The van der Waals surface area contributed by atoms with Gasteiger partial charge in [0.1, 0.15) is 11.5 Å². The highest BCUT2D eigenvalue weighted by Gasteiger charge is 2.28. The number of sulfonamides is 1. The predicted molar refractivity (Wildman–Crippen MR) is 140 cm³/mol. The zero-order chi connectivity index (χ0) is 26.0. The topological polar surface area (TPSA) is 80.1 Å². The summed E-state index contributed by atoms with van der Waals surface area (Å²) < 4.78 is 39.2. The van der Waals surface area contributed by atoms with Crippen molar-refractivity contribution < 1.29 is 22.4 Å². The maximum atomic E-state index is 13.5. The van der Waals surface area contributed by atoms with Gasteiger partial charge in [-0.15, -0.1) is 0 Å². The summed E-state index contributed by atoms with van der Waals surface area (Å²) in [4.78, 5) is 15.3. The van der Waals surface area contributed by atoms with Crippen LogP contribution >= 0.6 is 11.6 Å². The Balaban J connectivity index is 1.81. The molecule has 9 heteroatoms. The van der Waals surface area contributed by atoms with Gasteiger partial charge in [0, 0.05) is 31.3 Å². The molecule has 2 aromatic carbocycles. The Bertz CT molecular complexity index is 1200. The van der Waals surface area contributed by atoms with Crippen molar-refractivity contribution in [2.75, 3.05) is 32.8 Å². The van der Waals surface area contributed by atoms with Gasteiger partial charge in [0.15, 0.2) is 0 Å². The fourth-order valence-electron chi connectivity index (χ4n) is 3.74. The molecular weight excluding hydrogens is 500 g/mol. The Morgan fingerprint density at radius 2 is 1.72 bits per heavy atom. The van der Waals surface area contributed by atoms with Crippen LogP contribution in [0.4, 0.5) is 0 Å². The van der Waals surface area contributed by atoms with Crippen LogP contribution in [-0.2, 0) is 32.5 Å². The number of hydrogen-bond acceptors (Lipinski definition) is 5. The van der Waals surface area contributed by atoms with Crippen molar-refractivity contribution >= 4 is 27.5 Å². The molecule has 1 aromatic heterocycles. The van der Waals surface area contributed by atoms with Crippen LogP contribution in [0.3, 0.4) is 0 Å². The highest BCUT2D eigenvalue weighted by atomic mass is 35.5. The molecule has 0 N–H and O–H groups in total. The Labute approximate surface area is 218 Å². The smallest absolute Gasteiger partial charge is 0.243 e. The Morgan fingerprint density at radius 1 is 1.00 bits per heavy atom. The van der Waals surface area contributed by atoms with Gasteiger partial charge in [-0.1, -0.05) is 41.9 Å². The second kappa shape index (κ2) is 13.6. The molecule has 0 aliphatic rings. The van der Waals surface area contributed by atoms with E-state index in [1.165, 1.54) is 28.6 Å². The van der Waals surface area contributed by atoms with Crippen molar-refractivity contribution in [1.82, 2.24) is 9.21 Å². The molecule has 36 heavy (non-hydrogen) atoms. The predicted octanol–water partition coefficient (Wildman–Crippen LogP) is 4.93. The number of amides is 1. The number of hydrogen-bond donors (Lipinski definition) is 0. The minimum atomic E-state index is -3.92. The Morgan fingerprint density at radius 3 is 2.36 bits per heavy atom. The van der Waals surface area contributed by atoms with Gasteiger partial charge in [0.05, 0.1) is 18.0 Å². The molecule has 1 amide bonds. The summed E-state index contributed by atoms with van der Waals surface area (Å²) in [6, 6.07) is 19.5. The fraction of sp³-hybridized carbons (Fsp3) is 0.370. The molecular formula is C27H33ClN2O5S. The fourth-order valence-corrected chi connectivity index (χ4v) is 5.29. The first-order valence-corrected chi connectivity index (χ1v) is 13.8. The maximum absolute atomic E-state index is 13.5. The number of carbonyl (C=O) groups excluding carboxylic acids is 1. The number of aryl methyl sites for hydroxylation is 1. The van der Waals surface area contributed by atoms with Crippen molar-refractivity contribution in [2.45, 2.75) is 38.1 Å². The lowest BCUT2D eigenvalue weighted by atomic mass is 10.1. The van der Waals surface area contributed by atoms with Gasteiger partial charge in [0.25, 0.3) is 0 Å². The van der Waals surface area contributed by atoms with E-state index in [9.17, 15) is 13.2 Å². The van der Waals surface area contributed by atoms with Crippen molar-refractivity contribution in [1.29, 1.82) is 0 Å². The number of nitrogens with zero attached hydrogens (tertiary/aromatic N) is 2. The molecule has 0 bridgehead atoms. The van der Waals surface area contributed by atoms with Crippen LogP contribution in [0.5, 0.6) is 0 Å². The van der Waals surface area contributed by atoms with E-state index in [4.69, 9.17) is 20.8 Å². The molecule has 0 saturated carbocycles. The lowest BCUT2D eigenvalue weighted by Crippen LogP contribution is -2.43. The standard InChI is InChI=1S/C27H33ClN2O5S/c1-3-34-19-7-17-30(36(32,33)26-14-11-24(28)12-15-26)21-27(31)29(20-25-13-10-22(2)35-25)18-16-23-8-5-4-6-9-23/h4-6,8-15H,3,7,16-21H2,1-2H3. The van der Waals surface area contributed by atoms with Crippen LogP contribution in [0.15, 0.2) is 76.0 Å². The first-order chi connectivity index (χ1) is 17.3. The second-order valence-corrected chi connectivity index (χ2v) is 10.8. The highest BCUT2D eigenvalue weighted by molar-refractivity contribution is 7.89. The van der Waals surface area contributed by atoms with Gasteiger partial charge in [-0.25, -0.2) is 8.42 Å². The van der Waals surface area contributed by atoms with Gasteiger partial charge < -0.3 is 14.1 Å². The van der Waals surface area contributed by atoms with E-state index in [-0.39, 0.29) is 30.4 Å². The zero-order valence-corrected chi connectivity index (χ0v) is 22.3. The van der Waals surface area contributed by atoms with E-state index in [1.54, 1.807) is 4.90 Å². The van der Waals surface area contributed by atoms with Gasteiger partial charge in [0.2, 0.25) is 15.9 Å². The molecule has 3 rings (SSSR count). The minimum Gasteiger partial charge on any atom is -0.464 e. The molecule has 194 valence electrons. The maximum Gasteiger partial charge on any atom is 0.243 e. The molecule has 0 saturated heterocycles. The third kappa shape index (κ3) is 8.20. The lowest BCUT2D eigenvalue weighted by Gasteiger charge is -2.27. The van der Waals surface area contributed by atoms with Crippen LogP contribution in [0.2, 0.25) is 5.02 Å². The third-order valence-electron chi connectivity index (χ3n) is 5.67. The minimum absolute atomic E-state index is 0.0913. The summed E-state index contributed by atoms with van der Waals surface area (Å²) in [6.45, 7) is 5.23. The first-order valence-electron chi connectivity index (χ1n) is 12.0. The summed E-state index contributed by atoms with van der Waals surface area (Å²) in [6.07, 6.45) is 1.11. The summed E-state index contributed by atoms with van der Waals surface area (Å²) in [7, 11) is -3.92. The molecule has 0 unspecified atom stereocenters. The molecule has 0 spiro atoms. The van der Waals surface area contributed by atoms with Crippen molar-refractivity contribution in [3.8, 4) is 0 Å². The molecule has 0 fully saturated rings. The number of furan rings is 1. The third-order valence-corrected chi connectivity index (χ3v) is 7.78.